The maximum Gasteiger partial charge on any atom is 0.168 e. The molecule has 2 aromatic heterocycles. The van der Waals surface area contributed by atoms with Gasteiger partial charge in [-0.05, 0) is 31.4 Å². The molecule has 1 saturated carbocycles. The van der Waals surface area contributed by atoms with E-state index < -0.39 is 0 Å². The van der Waals surface area contributed by atoms with Gasteiger partial charge < -0.3 is 4.98 Å². The zero-order valence-electron chi connectivity index (χ0n) is 10.7. The van der Waals surface area contributed by atoms with Crippen LogP contribution in [0.25, 0.3) is 11.0 Å². The second-order valence-corrected chi connectivity index (χ2v) is 5.12. The average molecular weight is 242 g/mol. The van der Waals surface area contributed by atoms with Crippen molar-refractivity contribution in [2.75, 3.05) is 0 Å². The van der Waals surface area contributed by atoms with Gasteiger partial charge in [0.2, 0.25) is 0 Å². The van der Waals surface area contributed by atoms with Crippen molar-refractivity contribution in [3.05, 3.63) is 29.6 Å². The van der Waals surface area contributed by atoms with Gasteiger partial charge >= 0.3 is 0 Å². The summed E-state index contributed by atoms with van der Waals surface area (Å²) >= 11 is 0. The number of nitrogens with one attached hydrogen (secondary N) is 1. The van der Waals surface area contributed by atoms with Gasteiger partial charge in [-0.2, -0.15) is 0 Å². The first kappa shape index (κ1) is 11.5. The second kappa shape index (κ2) is 4.56. The quantitative estimate of drug-likeness (QED) is 0.834. The molecule has 1 aliphatic rings. The molecule has 18 heavy (non-hydrogen) atoms. The van der Waals surface area contributed by atoms with Gasteiger partial charge in [0, 0.05) is 28.8 Å². The first-order chi connectivity index (χ1) is 8.81. The van der Waals surface area contributed by atoms with E-state index in [4.69, 9.17) is 0 Å². The fourth-order valence-electron chi connectivity index (χ4n) is 2.67. The molecule has 0 saturated heterocycles. The Labute approximate surface area is 107 Å². The molecule has 0 bridgehead atoms. The number of nitrogens with zero attached hydrogens (tertiary/aromatic N) is 1. The van der Waals surface area contributed by atoms with Crippen LogP contribution in [-0.4, -0.2) is 15.8 Å². The topological polar surface area (TPSA) is 45.8 Å². The highest BCUT2D eigenvalue weighted by Gasteiger charge is 2.29. The molecule has 1 aliphatic carbocycles. The van der Waals surface area contributed by atoms with Crippen LogP contribution in [0.2, 0.25) is 0 Å². The third kappa shape index (κ3) is 1.74. The average Bonchev–Trinajstić information content (AvgIpc) is 2.65. The minimum atomic E-state index is 0.250. The minimum absolute atomic E-state index is 0.250. The highest BCUT2D eigenvalue weighted by atomic mass is 16.1. The van der Waals surface area contributed by atoms with Crippen LogP contribution in [0.3, 0.4) is 0 Å². The van der Waals surface area contributed by atoms with Crippen molar-refractivity contribution < 1.29 is 4.79 Å². The molecule has 0 unspecified atom stereocenters. The summed E-state index contributed by atoms with van der Waals surface area (Å²) in [6, 6.07) is 3.91. The molecule has 0 atom stereocenters. The van der Waals surface area contributed by atoms with Crippen LogP contribution in [0, 0.1) is 5.92 Å². The molecule has 3 nitrogen and oxygen atoms in total. The number of aromatic nitrogens is 2. The Morgan fingerprint density at radius 2 is 2.33 bits per heavy atom. The Hall–Kier alpha value is -1.64. The van der Waals surface area contributed by atoms with E-state index in [9.17, 15) is 4.79 Å². The number of H-pyrrole nitrogens is 1. The van der Waals surface area contributed by atoms with E-state index in [0.29, 0.717) is 5.78 Å². The van der Waals surface area contributed by atoms with Crippen molar-refractivity contribution in [1.82, 2.24) is 9.97 Å². The largest absolute Gasteiger partial charge is 0.343 e. The minimum Gasteiger partial charge on any atom is -0.343 e. The maximum absolute atomic E-state index is 12.5. The molecule has 1 N–H and O–H groups in total. The predicted molar refractivity (Wildman–Crippen MR) is 71.8 cm³/mol. The van der Waals surface area contributed by atoms with E-state index in [0.717, 1.165) is 48.0 Å². The van der Waals surface area contributed by atoms with Crippen molar-refractivity contribution in [1.29, 1.82) is 0 Å². The van der Waals surface area contributed by atoms with Crippen molar-refractivity contribution in [2.45, 2.75) is 39.0 Å². The number of hydrogen-bond acceptors (Lipinski definition) is 2. The number of carbonyl (C=O) groups is 1. The van der Waals surface area contributed by atoms with Crippen LogP contribution in [0.5, 0.6) is 0 Å². The van der Waals surface area contributed by atoms with E-state index in [1.807, 2.05) is 12.1 Å². The number of ketones is 1. The normalized spacial score (nSPS) is 15.8. The molecule has 0 spiro atoms. The number of fused-ring (bicyclic) bond motifs is 1. The molecule has 0 aromatic carbocycles. The number of hydrogen-bond donors (Lipinski definition) is 1. The number of rotatable bonds is 4. The maximum atomic E-state index is 12.5. The van der Waals surface area contributed by atoms with E-state index in [-0.39, 0.29) is 5.92 Å². The summed E-state index contributed by atoms with van der Waals surface area (Å²) < 4.78 is 0. The Bertz CT molecular complexity index is 581. The molecule has 1 fully saturated rings. The molecule has 94 valence electrons. The summed E-state index contributed by atoms with van der Waals surface area (Å²) in [4.78, 5) is 20.2. The SMILES string of the molecule is CCCc1[nH]c2ncccc2c1C(=O)C1CCC1. The standard InChI is InChI=1S/C15H18N2O/c1-2-5-12-13(14(18)10-6-3-7-10)11-8-4-9-16-15(11)17-12/h4,8-10H,2-3,5-7H2,1H3,(H,16,17). The van der Waals surface area contributed by atoms with Gasteiger partial charge in [-0.3, -0.25) is 4.79 Å². The fourth-order valence-corrected chi connectivity index (χ4v) is 2.67. The van der Waals surface area contributed by atoms with Crippen molar-refractivity contribution in [2.24, 2.45) is 5.92 Å². The number of pyridine rings is 1. The molecular weight excluding hydrogens is 224 g/mol. The van der Waals surface area contributed by atoms with Gasteiger partial charge in [-0.15, -0.1) is 0 Å². The lowest BCUT2D eigenvalue weighted by Gasteiger charge is -2.24. The summed E-state index contributed by atoms with van der Waals surface area (Å²) in [6.45, 7) is 2.14. The van der Waals surface area contributed by atoms with Crippen molar-refractivity contribution in [3.63, 3.8) is 0 Å². The van der Waals surface area contributed by atoms with Crippen molar-refractivity contribution in [3.8, 4) is 0 Å². The van der Waals surface area contributed by atoms with Crippen LogP contribution in [0.4, 0.5) is 0 Å². The van der Waals surface area contributed by atoms with Crippen LogP contribution < -0.4 is 0 Å². The van der Waals surface area contributed by atoms with Gasteiger partial charge in [-0.1, -0.05) is 19.8 Å². The molecule has 2 aromatic rings. The Morgan fingerprint density at radius 1 is 1.50 bits per heavy atom. The monoisotopic (exact) mass is 242 g/mol. The summed E-state index contributed by atoms with van der Waals surface area (Å²) in [6.07, 6.45) is 7.03. The predicted octanol–water partition coefficient (Wildman–Crippen LogP) is 3.50. The second-order valence-electron chi connectivity index (χ2n) is 5.12. The van der Waals surface area contributed by atoms with Crippen LogP contribution in [-0.2, 0) is 6.42 Å². The highest BCUT2D eigenvalue weighted by molar-refractivity contribution is 6.09. The third-order valence-corrected chi connectivity index (χ3v) is 3.87. The van der Waals surface area contributed by atoms with E-state index in [1.54, 1.807) is 6.20 Å². The summed E-state index contributed by atoms with van der Waals surface area (Å²) in [5.41, 5.74) is 2.83. The van der Waals surface area contributed by atoms with Gasteiger partial charge in [0.15, 0.2) is 5.78 Å². The van der Waals surface area contributed by atoms with Crippen molar-refractivity contribution >= 4 is 16.8 Å². The molecule has 3 rings (SSSR count). The van der Waals surface area contributed by atoms with Crippen LogP contribution in [0.1, 0.15) is 48.7 Å². The third-order valence-electron chi connectivity index (χ3n) is 3.87. The Kier molecular flexibility index (Phi) is 2.90. The molecule has 0 aliphatic heterocycles. The molecule has 0 amide bonds. The lowest BCUT2D eigenvalue weighted by molar-refractivity contribution is 0.0856. The smallest absolute Gasteiger partial charge is 0.168 e. The fraction of sp³-hybridized carbons (Fsp3) is 0.467. The summed E-state index contributed by atoms with van der Waals surface area (Å²) in [5, 5.41) is 0.998. The summed E-state index contributed by atoms with van der Waals surface area (Å²) in [5.74, 6) is 0.573. The lowest BCUT2D eigenvalue weighted by atomic mass is 9.79. The van der Waals surface area contributed by atoms with Gasteiger partial charge in [0.1, 0.15) is 5.65 Å². The number of aromatic amines is 1. The number of carbonyl (C=O) groups excluding carboxylic acids is 1. The molecular formula is C15H18N2O. The van der Waals surface area contributed by atoms with Crippen LogP contribution >= 0.6 is 0 Å². The zero-order chi connectivity index (χ0) is 12.5. The Balaban J connectivity index is 2.11. The van der Waals surface area contributed by atoms with Crippen LogP contribution in [0.15, 0.2) is 18.3 Å². The highest BCUT2D eigenvalue weighted by Crippen LogP contribution is 2.33. The van der Waals surface area contributed by atoms with E-state index in [1.165, 1.54) is 6.42 Å². The zero-order valence-corrected chi connectivity index (χ0v) is 10.7. The Morgan fingerprint density at radius 3 is 3.00 bits per heavy atom. The van der Waals surface area contributed by atoms with Gasteiger partial charge in [0.25, 0.3) is 0 Å². The molecule has 0 radical (unpaired) electrons. The first-order valence-corrected chi connectivity index (χ1v) is 6.81. The van der Waals surface area contributed by atoms with E-state index in [2.05, 4.69) is 16.9 Å². The van der Waals surface area contributed by atoms with Gasteiger partial charge in [-0.25, -0.2) is 4.98 Å². The number of Topliss-reactive ketones (excluding diaryl/α,β-unsaturated/α-hetero) is 1. The number of aryl methyl sites for hydroxylation is 1. The lowest BCUT2D eigenvalue weighted by Crippen LogP contribution is -2.22. The molecule has 3 heteroatoms. The summed E-state index contributed by atoms with van der Waals surface area (Å²) in [7, 11) is 0. The van der Waals surface area contributed by atoms with E-state index >= 15 is 0 Å². The molecule has 2 heterocycles. The van der Waals surface area contributed by atoms with Gasteiger partial charge in [0.05, 0.1) is 0 Å². The first-order valence-electron chi connectivity index (χ1n) is 6.81.